The van der Waals surface area contributed by atoms with Crippen LogP contribution in [0.4, 0.5) is 0 Å². The Hall–Kier alpha value is -2.45. The molecule has 0 heterocycles. The number of ether oxygens (including phenoxy) is 3. The first-order valence-corrected chi connectivity index (χ1v) is 16.8. The first-order chi connectivity index (χ1) is 20.9. The number of aliphatic hydroxyl groups excluding tert-OH is 2. The zero-order valence-corrected chi connectivity index (χ0v) is 28.9. The highest BCUT2D eigenvalue weighted by atomic mass is 16.6. The highest BCUT2D eigenvalue weighted by Crippen LogP contribution is 2.67. The fraction of sp³-hybridized carbons (Fsp3) is 0.757. The molecule has 4 rings (SSSR count). The van der Waals surface area contributed by atoms with Gasteiger partial charge in [-0.05, 0) is 89.7 Å². The van der Waals surface area contributed by atoms with Crippen molar-refractivity contribution in [3.05, 3.63) is 34.9 Å². The fourth-order valence-corrected chi connectivity index (χ4v) is 9.66. The van der Waals surface area contributed by atoms with Crippen LogP contribution in [0.5, 0.6) is 0 Å². The molecule has 0 spiro atoms. The molecule has 0 radical (unpaired) electrons. The predicted octanol–water partition coefficient (Wildman–Crippen LogP) is 6.24. The molecular formula is C37H56O8. The highest BCUT2D eigenvalue weighted by Gasteiger charge is 2.65. The van der Waals surface area contributed by atoms with E-state index in [4.69, 9.17) is 9.47 Å². The van der Waals surface area contributed by atoms with Gasteiger partial charge in [0.15, 0.2) is 0 Å². The lowest BCUT2D eigenvalue weighted by molar-refractivity contribution is -0.194. The van der Waals surface area contributed by atoms with E-state index in [9.17, 15) is 24.6 Å². The van der Waals surface area contributed by atoms with Crippen LogP contribution in [0.15, 0.2) is 34.9 Å². The predicted molar refractivity (Wildman–Crippen MR) is 172 cm³/mol. The first kappa shape index (κ1) is 35.4. The summed E-state index contributed by atoms with van der Waals surface area (Å²) in [6, 6.07) is 0. The van der Waals surface area contributed by atoms with Crippen LogP contribution in [-0.2, 0) is 28.6 Å². The van der Waals surface area contributed by atoms with E-state index >= 15 is 0 Å². The molecule has 252 valence electrons. The maximum Gasteiger partial charge on any atom is 0.306 e. The Kier molecular flexibility index (Phi) is 10.2. The van der Waals surface area contributed by atoms with E-state index in [0.29, 0.717) is 18.3 Å². The third-order valence-corrected chi connectivity index (χ3v) is 12.2. The van der Waals surface area contributed by atoms with Gasteiger partial charge in [-0.2, -0.15) is 0 Å². The van der Waals surface area contributed by atoms with Crippen LogP contribution in [0, 0.1) is 39.9 Å². The van der Waals surface area contributed by atoms with Crippen molar-refractivity contribution in [3.63, 3.8) is 0 Å². The van der Waals surface area contributed by atoms with Gasteiger partial charge in [0.2, 0.25) is 0 Å². The molecule has 0 amide bonds. The smallest absolute Gasteiger partial charge is 0.306 e. The number of hydrogen-bond donors (Lipinski definition) is 2. The van der Waals surface area contributed by atoms with Crippen molar-refractivity contribution >= 4 is 17.9 Å². The second-order valence-electron chi connectivity index (χ2n) is 15.5. The fourth-order valence-electron chi connectivity index (χ4n) is 9.66. The van der Waals surface area contributed by atoms with Gasteiger partial charge in [0.1, 0.15) is 18.3 Å². The van der Waals surface area contributed by atoms with Gasteiger partial charge in [0.25, 0.3) is 0 Å². The molecule has 0 aliphatic heterocycles. The van der Waals surface area contributed by atoms with Crippen molar-refractivity contribution < 1.29 is 38.8 Å². The standard InChI is InChI=1S/C37H56O8/c1-20(2)21(3)11-12-22(4)25-14-15-26-24-13-16-28-35(6,7)33(42)27(45-30(40)18-17-29(39)43-10)19-36(28,8)31(24)32(41)34(37(25,26)9)44-23(5)38/h15,20,22,25,27-28,32-34,41-42H,3,11-14,16-19H2,1-2,4-10H3/t22-,25-,27-,28+,32-,33+,34+,36?,37?/m1/s1. The van der Waals surface area contributed by atoms with Crippen LogP contribution < -0.4 is 0 Å². The molecule has 2 N–H and O–H groups in total. The molecule has 8 heteroatoms. The van der Waals surface area contributed by atoms with Gasteiger partial charge >= 0.3 is 17.9 Å². The summed E-state index contributed by atoms with van der Waals surface area (Å²) in [5.74, 6) is -0.595. The number of esters is 3. The molecule has 0 aromatic carbocycles. The number of fused-ring (bicyclic) bond motifs is 4. The van der Waals surface area contributed by atoms with Gasteiger partial charge in [0.05, 0.1) is 26.1 Å². The van der Waals surface area contributed by atoms with Gasteiger partial charge < -0.3 is 24.4 Å². The van der Waals surface area contributed by atoms with Crippen molar-refractivity contribution in [1.29, 1.82) is 0 Å². The third kappa shape index (κ3) is 6.18. The zero-order chi connectivity index (χ0) is 33.6. The van der Waals surface area contributed by atoms with Gasteiger partial charge in [0, 0.05) is 12.3 Å². The Morgan fingerprint density at radius 2 is 1.67 bits per heavy atom. The van der Waals surface area contributed by atoms with Crippen LogP contribution >= 0.6 is 0 Å². The average Bonchev–Trinajstić information content (AvgIpc) is 3.32. The summed E-state index contributed by atoms with van der Waals surface area (Å²) in [5.41, 5.74) is 2.55. The Balaban J connectivity index is 1.73. The van der Waals surface area contributed by atoms with Gasteiger partial charge in [-0.25, -0.2) is 0 Å². The summed E-state index contributed by atoms with van der Waals surface area (Å²) in [5, 5.41) is 23.9. The molecular weight excluding hydrogens is 572 g/mol. The number of carbonyl (C=O) groups is 3. The summed E-state index contributed by atoms with van der Waals surface area (Å²) in [6.45, 7) is 20.6. The molecule has 9 atom stereocenters. The summed E-state index contributed by atoms with van der Waals surface area (Å²) in [6.07, 6.45) is 3.14. The molecule has 1 fully saturated rings. The minimum absolute atomic E-state index is 0.0143. The van der Waals surface area contributed by atoms with Crippen molar-refractivity contribution in [2.75, 3.05) is 7.11 Å². The average molecular weight is 629 g/mol. The Bertz CT molecular complexity index is 1260. The maximum atomic E-state index is 12.8. The number of rotatable bonds is 10. The molecule has 0 saturated heterocycles. The molecule has 2 unspecified atom stereocenters. The molecule has 4 aliphatic rings. The molecule has 0 bridgehead atoms. The van der Waals surface area contributed by atoms with E-state index < -0.39 is 58.6 Å². The molecule has 45 heavy (non-hydrogen) atoms. The summed E-state index contributed by atoms with van der Waals surface area (Å²) in [7, 11) is 1.27. The summed E-state index contributed by atoms with van der Waals surface area (Å²) < 4.78 is 16.6. The topological polar surface area (TPSA) is 119 Å². The zero-order valence-electron chi connectivity index (χ0n) is 28.9. The molecule has 8 nitrogen and oxygen atoms in total. The van der Waals surface area contributed by atoms with E-state index in [-0.39, 0.29) is 24.7 Å². The third-order valence-electron chi connectivity index (χ3n) is 12.2. The van der Waals surface area contributed by atoms with Crippen molar-refractivity contribution in [1.82, 2.24) is 0 Å². The Morgan fingerprint density at radius 1 is 1.02 bits per heavy atom. The normalized spacial score (nSPS) is 35.9. The Morgan fingerprint density at radius 3 is 2.27 bits per heavy atom. The first-order valence-electron chi connectivity index (χ1n) is 16.8. The maximum absolute atomic E-state index is 12.8. The SMILES string of the molecule is C=C(CC[C@@H](C)[C@H]1CC=C2C3=C([C@@H](O)[C@H](OC(C)=O)C21C)C1(C)C[C@@H](OC(=O)CCC(=O)OC)[C@H](O)C(C)(C)[C@@H]1CC3)C(C)C. The van der Waals surface area contributed by atoms with Crippen molar-refractivity contribution in [2.45, 2.75) is 131 Å². The minimum Gasteiger partial charge on any atom is -0.469 e. The number of carbonyl (C=O) groups excluding carboxylic acids is 3. The van der Waals surface area contributed by atoms with Crippen LogP contribution in [0.25, 0.3) is 0 Å². The van der Waals surface area contributed by atoms with Crippen LogP contribution in [0.1, 0.15) is 107 Å². The monoisotopic (exact) mass is 628 g/mol. The number of hydrogen-bond acceptors (Lipinski definition) is 8. The largest absolute Gasteiger partial charge is 0.469 e. The van der Waals surface area contributed by atoms with Crippen molar-refractivity contribution in [2.24, 2.45) is 39.9 Å². The Labute approximate surface area is 269 Å². The lowest BCUT2D eigenvalue weighted by Crippen LogP contribution is -2.63. The summed E-state index contributed by atoms with van der Waals surface area (Å²) in [4.78, 5) is 37.1. The highest BCUT2D eigenvalue weighted by molar-refractivity contribution is 5.77. The van der Waals surface area contributed by atoms with E-state index in [1.807, 2.05) is 13.8 Å². The van der Waals surface area contributed by atoms with Crippen LogP contribution in [0.2, 0.25) is 0 Å². The van der Waals surface area contributed by atoms with E-state index in [0.717, 1.165) is 43.3 Å². The minimum atomic E-state index is -1.04. The molecule has 0 aromatic rings. The van der Waals surface area contributed by atoms with Crippen LogP contribution in [0.3, 0.4) is 0 Å². The van der Waals surface area contributed by atoms with Gasteiger partial charge in [-0.15, -0.1) is 0 Å². The van der Waals surface area contributed by atoms with E-state index in [1.54, 1.807) is 0 Å². The van der Waals surface area contributed by atoms with Crippen molar-refractivity contribution in [3.8, 4) is 0 Å². The van der Waals surface area contributed by atoms with Crippen LogP contribution in [-0.4, -0.2) is 59.6 Å². The molecule has 0 aromatic heterocycles. The van der Waals surface area contributed by atoms with E-state index in [2.05, 4.69) is 52.0 Å². The van der Waals surface area contributed by atoms with E-state index in [1.165, 1.54) is 25.2 Å². The number of methoxy groups -OCH3 is 1. The lowest BCUT2D eigenvalue weighted by Gasteiger charge is -2.62. The summed E-state index contributed by atoms with van der Waals surface area (Å²) >= 11 is 0. The van der Waals surface area contributed by atoms with Gasteiger partial charge in [-0.1, -0.05) is 66.7 Å². The second kappa shape index (κ2) is 13.0. The van der Waals surface area contributed by atoms with Gasteiger partial charge in [-0.3, -0.25) is 14.4 Å². The number of allylic oxidation sites excluding steroid dienone is 3. The quantitative estimate of drug-likeness (QED) is 0.166. The molecule has 1 saturated carbocycles. The lowest BCUT2D eigenvalue weighted by atomic mass is 9.45. The molecule has 4 aliphatic carbocycles. The number of aliphatic hydroxyl groups is 2. The second-order valence-corrected chi connectivity index (χ2v) is 15.5.